The Bertz CT molecular complexity index is 261. The van der Waals surface area contributed by atoms with Crippen LogP contribution in [0.4, 0.5) is 0 Å². The first-order valence-corrected chi connectivity index (χ1v) is 4.44. The molecule has 13 heavy (non-hydrogen) atoms. The molecule has 0 amide bonds. The second-order valence-electron chi connectivity index (χ2n) is 3.31. The highest BCUT2D eigenvalue weighted by molar-refractivity contribution is 5.43. The summed E-state index contributed by atoms with van der Waals surface area (Å²) in [7, 11) is 0. The van der Waals surface area contributed by atoms with Crippen molar-refractivity contribution < 1.29 is 5.11 Å². The van der Waals surface area contributed by atoms with Crippen molar-refractivity contribution in [1.29, 1.82) is 0 Å². The molecule has 1 rings (SSSR count). The summed E-state index contributed by atoms with van der Waals surface area (Å²) < 4.78 is 0. The monoisotopic (exact) mass is 180 g/mol. The maximum Gasteiger partial charge on any atom is 0.134 e. The van der Waals surface area contributed by atoms with Gasteiger partial charge in [-0.15, -0.1) is 0 Å². The van der Waals surface area contributed by atoms with Crippen molar-refractivity contribution in [3.63, 3.8) is 0 Å². The van der Waals surface area contributed by atoms with Gasteiger partial charge in [0.25, 0.3) is 0 Å². The average Bonchev–Trinajstić information content (AvgIpc) is 2.54. The molecule has 0 spiro atoms. The molecule has 72 valence electrons. The van der Waals surface area contributed by atoms with Crippen molar-refractivity contribution in [3.05, 3.63) is 35.6 Å². The Morgan fingerprint density at radius 2 is 1.92 bits per heavy atom. The van der Waals surface area contributed by atoms with E-state index in [1.54, 1.807) is 12.2 Å². The zero-order chi connectivity index (χ0) is 9.90. The fourth-order valence-electron chi connectivity index (χ4n) is 1.33. The summed E-state index contributed by atoms with van der Waals surface area (Å²) in [5, 5.41) is 9.73. The summed E-state index contributed by atoms with van der Waals surface area (Å²) in [6.07, 6.45) is 8.68. The number of hydrogen-bond donors (Lipinski definition) is 3. The van der Waals surface area contributed by atoms with E-state index in [0.29, 0.717) is 12.0 Å². The molecule has 1 aliphatic rings. The highest BCUT2D eigenvalue weighted by Gasteiger charge is 2.25. The first-order valence-electron chi connectivity index (χ1n) is 4.44. The molecule has 0 heterocycles. The Morgan fingerprint density at radius 3 is 2.38 bits per heavy atom. The predicted molar refractivity (Wildman–Crippen MR) is 53.9 cm³/mol. The number of hydrogen-bond acceptors (Lipinski definition) is 3. The lowest BCUT2D eigenvalue weighted by Crippen LogP contribution is -2.51. The molecule has 3 heteroatoms. The van der Waals surface area contributed by atoms with Gasteiger partial charge in [-0.1, -0.05) is 37.6 Å². The molecule has 0 unspecified atom stereocenters. The molecule has 3 nitrogen and oxygen atoms in total. The lowest BCUT2D eigenvalue weighted by atomic mass is 10.0. The van der Waals surface area contributed by atoms with Gasteiger partial charge in [0.2, 0.25) is 0 Å². The maximum atomic E-state index is 9.73. The molecule has 0 aromatic rings. The fraction of sp³-hybridized carbons (Fsp3) is 0.400. The van der Waals surface area contributed by atoms with Gasteiger partial charge in [-0.2, -0.15) is 0 Å². The lowest BCUT2D eigenvalue weighted by molar-refractivity contribution is 0.282. The van der Waals surface area contributed by atoms with Gasteiger partial charge in [-0.05, 0) is 6.42 Å². The Hall–Kier alpha value is -1.06. The number of aliphatic hydroxyl groups excluding tert-OH is 1. The average molecular weight is 180 g/mol. The van der Waals surface area contributed by atoms with Crippen LogP contribution in [-0.2, 0) is 0 Å². The van der Waals surface area contributed by atoms with Crippen molar-refractivity contribution >= 4 is 0 Å². The normalized spacial score (nSPS) is 15.5. The first-order chi connectivity index (χ1) is 6.08. The third kappa shape index (κ3) is 2.20. The Balaban J connectivity index is 2.87. The van der Waals surface area contributed by atoms with Gasteiger partial charge in [-0.3, -0.25) is 0 Å². The van der Waals surface area contributed by atoms with Crippen LogP contribution >= 0.6 is 0 Å². The second kappa shape index (κ2) is 3.77. The van der Waals surface area contributed by atoms with E-state index in [0.717, 1.165) is 6.42 Å². The molecular weight excluding hydrogens is 164 g/mol. The summed E-state index contributed by atoms with van der Waals surface area (Å²) >= 11 is 0. The molecule has 0 aromatic heterocycles. The minimum Gasteiger partial charge on any atom is -0.508 e. The van der Waals surface area contributed by atoms with Crippen LogP contribution in [0.5, 0.6) is 0 Å². The highest BCUT2D eigenvalue weighted by atomic mass is 16.3. The van der Waals surface area contributed by atoms with Crippen LogP contribution in [0.1, 0.15) is 19.8 Å². The largest absolute Gasteiger partial charge is 0.508 e. The quantitative estimate of drug-likeness (QED) is 0.453. The van der Waals surface area contributed by atoms with E-state index in [2.05, 4.69) is 0 Å². The predicted octanol–water partition coefficient (Wildman–Crippen LogP) is 1.34. The molecule has 0 atom stereocenters. The van der Waals surface area contributed by atoms with Crippen LogP contribution in [0.2, 0.25) is 0 Å². The van der Waals surface area contributed by atoms with E-state index < -0.39 is 5.66 Å². The van der Waals surface area contributed by atoms with Crippen LogP contribution in [0.15, 0.2) is 35.6 Å². The van der Waals surface area contributed by atoms with Gasteiger partial charge < -0.3 is 16.6 Å². The lowest BCUT2D eigenvalue weighted by Gasteiger charge is -2.24. The molecule has 0 saturated carbocycles. The van der Waals surface area contributed by atoms with Crippen molar-refractivity contribution in [3.8, 4) is 0 Å². The third-order valence-electron chi connectivity index (χ3n) is 2.04. The number of rotatable bonds is 3. The molecule has 0 aliphatic heterocycles. The van der Waals surface area contributed by atoms with E-state index in [-0.39, 0.29) is 5.76 Å². The van der Waals surface area contributed by atoms with Crippen LogP contribution in [-0.4, -0.2) is 10.8 Å². The zero-order valence-corrected chi connectivity index (χ0v) is 7.83. The summed E-state index contributed by atoms with van der Waals surface area (Å²) in [5.41, 5.74) is 11.1. The van der Waals surface area contributed by atoms with Gasteiger partial charge in [0.05, 0.1) is 0 Å². The van der Waals surface area contributed by atoms with Crippen LogP contribution in [0.3, 0.4) is 0 Å². The van der Waals surface area contributed by atoms with Gasteiger partial charge in [-0.25, -0.2) is 0 Å². The minimum atomic E-state index is -1.09. The van der Waals surface area contributed by atoms with E-state index in [1.807, 2.05) is 19.1 Å². The molecule has 0 radical (unpaired) electrons. The Labute approximate surface area is 78.4 Å². The topological polar surface area (TPSA) is 72.3 Å². The van der Waals surface area contributed by atoms with Crippen LogP contribution in [0.25, 0.3) is 0 Å². The summed E-state index contributed by atoms with van der Waals surface area (Å²) in [5.74, 6) is 0.0688. The van der Waals surface area contributed by atoms with Gasteiger partial charge in [0.1, 0.15) is 11.4 Å². The highest BCUT2D eigenvalue weighted by Crippen LogP contribution is 2.19. The molecule has 1 aliphatic carbocycles. The van der Waals surface area contributed by atoms with Gasteiger partial charge in [0.15, 0.2) is 0 Å². The molecule has 0 bridgehead atoms. The van der Waals surface area contributed by atoms with E-state index in [9.17, 15) is 5.11 Å². The summed E-state index contributed by atoms with van der Waals surface area (Å²) in [6.45, 7) is 1.98. The SMILES string of the molecule is CCCC(N)(N)C(O)=C1C=CC=C1. The van der Waals surface area contributed by atoms with Crippen LogP contribution in [0, 0.1) is 0 Å². The number of allylic oxidation sites excluding steroid dienone is 5. The summed E-state index contributed by atoms with van der Waals surface area (Å²) in [4.78, 5) is 0. The Morgan fingerprint density at radius 1 is 1.38 bits per heavy atom. The first kappa shape index (κ1) is 10.0. The molecule has 0 saturated heterocycles. The smallest absolute Gasteiger partial charge is 0.134 e. The molecular formula is C10H16N2O. The van der Waals surface area contributed by atoms with Gasteiger partial charge >= 0.3 is 0 Å². The Kier molecular flexibility index (Phi) is 2.90. The van der Waals surface area contributed by atoms with Gasteiger partial charge in [0, 0.05) is 5.57 Å². The minimum absolute atomic E-state index is 0.0688. The van der Waals surface area contributed by atoms with Crippen molar-refractivity contribution in [1.82, 2.24) is 0 Å². The number of aliphatic hydroxyl groups is 1. The van der Waals surface area contributed by atoms with Crippen molar-refractivity contribution in [2.24, 2.45) is 11.5 Å². The van der Waals surface area contributed by atoms with E-state index in [1.165, 1.54) is 0 Å². The summed E-state index contributed by atoms with van der Waals surface area (Å²) in [6, 6.07) is 0. The van der Waals surface area contributed by atoms with Crippen molar-refractivity contribution in [2.75, 3.05) is 0 Å². The second-order valence-corrected chi connectivity index (χ2v) is 3.31. The molecule has 5 N–H and O–H groups in total. The van der Waals surface area contributed by atoms with Crippen LogP contribution < -0.4 is 11.5 Å². The van der Waals surface area contributed by atoms with E-state index in [4.69, 9.17) is 11.5 Å². The maximum absolute atomic E-state index is 9.73. The number of nitrogens with two attached hydrogens (primary N) is 2. The van der Waals surface area contributed by atoms with Crippen molar-refractivity contribution in [2.45, 2.75) is 25.4 Å². The fourth-order valence-corrected chi connectivity index (χ4v) is 1.33. The van der Waals surface area contributed by atoms with E-state index >= 15 is 0 Å². The molecule has 0 aromatic carbocycles. The molecule has 0 fully saturated rings. The standard InChI is InChI=1S/C10H16N2O/c1-2-7-10(11,12)9(13)8-5-3-4-6-8/h3-6,13H,2,7,11-12H2,1H3. The third-order valence-corrected chi connectivity index (χ3v) is 2.04. The zero-order valence-electron chi connectivity index (χ0n) is 7.83.